The molecule has 0 saturated carbocycles. The fraction of sp³-hybridized carbons (Fsp3) is 0.267. The number of halogens is 1. The van der Waals surface area contributed by atoms with Crippen molar-refractivity contribution in [1.82, 2.24) is 10.3 Å². The van der Waals surface area contributed by atoms with E-state index in [1.165, 1.54) is 5.56 Å². The summed E-state index contributed by atoms with van der Waals surface area (Å²) in [6.45, 7) is 3.45. The van der Waals surface area contributed by atoms with E-state index in [4.69, 9.17) is 0 Å². The molecule has 0 spiro atoms. The number of pyridine rings is 1. The Bertz CT molecular complexity index is 558. The monoisotopic (exact) mass is 320 g/mol. The summed E-state index contributed by atoms with van der Waals surface area (Å²) in [6.07, 6.45) is 2.79. The molecule has 0 unspecified atom stereocenters. The number of aromatic hydroxyl groups is 1. The minimum Gasteiger partial charge on any atom is -0.506 e. The summed E-state index contributed by atoms with van der Waals surface area (Å²) in [7, 11) is 0. The zero-order valence-electron chi connectivity index (χ0n) is 10.9. The molecule has 0 amide bonds. The summed E-state index contributed by atoms with van der Waals surface area (Å²) < 4.78 is 0.721. The van der Waals surface area contributed by atoms with Crippen LogP contribution in [0.1, 0.15) is 23.7 Å². The molecule has 4 heteroatoms. The zero-order chi connectivity index (χ0) is 13.7. The van der Waals surface area contributed by atoms with Gasteiger partial charge >= 0.3 is 0 Å². The standard InChI is InChI=1S/C15H17BrN2O/c1-2-11-6-4-8-18-14(11)10-17-9-12-5-3-7-13(16)15(12)19/h3-8,17,19H,2,9-10H2,1H3. The summed E-state index contributed by atoms with van der Waals surface area (Å²) in [6, 6.07) is 9.71. The third-order valence-electron chi connectivity index (χ3n) is 3.04. The fourth-order valence-corrected chi connectivity index (χ4v) is 2.38. The Kier molecular flexibility index (Phi) is 4.93. The van der Waals surface area contributed by atoms with Gasteiger partial charge in [0.05, 0.1) is 10.2 Å². The maximum atomic E-state index is 9.89. The third kappa shape index (κ3) is 3.55. The maximum absolute atomic E-state index is 9.89. The Morgan fingerprint density at radius 1 is 1.16 bits per heavy atom. The van der Waals surface area contributed by atoms with Crippen molar-refractivity contribution in [1.29, 1.82) is 0 Å². The van der Waals surface area contributed by atoms with Crippen LogP contribution in [0.2, 0.25) is 0 Å². The normalized spacial score (nSPS) is 10.6. The molecule has 0 saturated heterocycles. The number of nitrogens with one attached hydrogen (secondary N) is 1. The van der Waals surface area contributed by atoms with E-state index in [1.807, 2.05) is 30.5 Å². The van der Waals surface area contributed by atoms with Crippen LogP contribution in [0.15, 0.2) is 41.0 Å². The van der Waals surface area contributed by atoms with Gasteiger partial charge < -0.3 is 10.4 Å². The van der Waals surface area contributed by atoms with Gasteiger partial charge in [0.2, 0.25) is 0 Å². The molecule has 2 N–H and O–H groups in total. The molecule has 2 rings (SSSR count). The number of benzene rings is 1. The van der Waals surface area contributed by atoms with Gasteiger partial charge in [-0.3, -0.25) is 4.98 Å². The molecular weight excluding hydrogens is 304 g/mol. The van der Waals surface area contributed by atoms with Crippen molar-refractivity contribution in [2.75, 3.05) is 0 Å². The summed E-state index contributed by atoms with van der Waals surface area (Å²) in [5, 5.41) is 13.2. The molecule has 0 bridgehead atoms. The quantitative estimate of drug-likeness (QED) is 0.887. The summed E-state index contributed by atoms with van der Waals surface area (Å²) in [5.74, 6) is 0.298. The van der Waals surface area contributed by atoms with Crippen LogP contribution in [0.25, 0.3) is 0 Å². The number of aromatic nitrogens is 1. The van der Waals surface area contributed by atoms with E-state index in [1.54, 1.807) is 0 Å². The highest BCUT2D eigenvalue weighted by Gasteiger charge is 2.05. The SMILES string of the molecule is CCc1cccnc1CNCc1cccc(Br)c1O. The molecule has 0 aliphatic rings. The van der Waals surface area contributed by atoms with Crippen LogP contribution in [0, 0.1) is 0 Å². The van der Waals surface area contributed by atoms with Crippen LogP contribution >= 0.6 is 15.9 Å². The van der Waals surface area contributed by atoms with Crippen molar-refractivity contribution in [2.24, 2.45) is 0 Å². The van der Waals surface area contributed by atoms with Crippen molar-refractivity contribution < 1.29 is 5.11 Å². The first-order valence-corrected chi connectivity index (χ1v) is 7.11. The largest absolute Gasteiger partial charge is 0.506 e. The van der Waals surface area contributed by atoms with Gasteiger partial charge in [-0.1, -0.05) is 25.1 Å². The highest BCUT2D eigenvalue weighted by molar-refractivity contribution is 9.10. The van der Waals surface area contributed by atoms with E-state index in [0.717, 1.165) is 22.2 Å². The first-order valence-electron chi connectivity index (χ1n) is 6.32. The maximum Gasteiger partial charge on any atom is 0.134 e. The van der Waals surface area contributed by atoms with Gasteiger partial charge in [-0.2, -0.15) is 0 Å². The van der Waals surface area contributed by atoms with E-state index in [0.29, 0.717) is 18.8 Å². The van der Waals surface area contributed by atoms with Crippen molar-refractivity contribution in [3.8, 4) is 5.75 Å². The van der Waals surface area contributed by atoms with Crippen molar-refractivity contribution >= 4 is 15.9 Å². The van der Waals surface area contributed by atoms with Crippen LogP contribution in [0.5, 0.6) is 5.75 Å². The molecule has 1 aromatic carbocycles. The number of para-hydroxylation sites is 1. The minimum atomic E-state index is 0.298. The fourth-order valence-electron chi connectivity index (χ4n) is 1.97. The van der Waals surface area contributed by atoms with Gasteiger partial charge in [-0.05, 0) is 40.0 Å². The highest BCUT2D eigenvalue weighted by atomic mass is 79.9. The number of phenolic OH excluding ortho intramolecular Hbond substituents is 1. The second-order valence-corrected chi connectivity index (χ2v) is 5.17. The van der Waals surface area contributed by atoms with Crippen LogP contribution in [-0.4, -0.2) is 10.1 Å². The molecular formula is C15H17BrN2O. The Morgan fingerprint density at radius 2 is 1.95 bits per heavy atom. The number of aryl methyl sites for hydroxylation is 1. The van der Waals surface area contributed by atoms with Gasteiger partial charge in [-0.15, -0.1) is 0 Å². The second kappa shape index (κ2) is 6.68. The van der Waals surface area contributed by atoms with E-state index < -0.39 is 0 Å². The van der Waals surface area contributed by atoms with Gasteiger partial charge in [0.25, 0.3) is 0 Å². The molecule has 3 nitrogen and oxygen atoms in total. The summed E-state index contributed by atoms with van der Waals surface area (Å²) in [5.41, 5.74) is 3.20. The zero-order valence-corrected chi connectivity index (χ0v) is 12.4. The molecule has 1 heterocycles. The number of rotatable bonds is 5. The van der Waals surface area contributed by atoms with Gasteiger partial charge in [0.1, 0.15) is 5.75 Å². The van der Waals surface area contributed by atoms with Crippen molar-refractivity contribution in [3.63, 3.8) is 0 Å². The molecule has 0 atom stereocenters. The molecule has 0 fully saturated rings. The van der Waals surface area contributed by atoms with E-state index in [-0.39, 0.29) is 0 Å². The summed E-state index contributed by atoms with van der Waals surface area (Å²) in [4.78, 5) is 4.39. The Hall–Kier alpha value is -1.39. The molecule has 2 aromatic rings. The number of nitrogens with zero attached hydrogens (tertiary/aromatic N) is 1. The highest BCUT2D eigenvalue weighted by Crippen LogP contribution is 2.27. The van der Waals surface area contributed by atoms with Crippen LogP contribution in [0.3, 0.4) is 0 Å². The molecule has 1 aromatic heterocycles. The lowest BCUT2D eigenvalue weighted by atomic mass is 10.1. The number of hydrogen-bond donors (Lipinski definition) is 2. The summed E-state index contributed by atoms with van der Waals surface area (Å²) >= 11 is 3.32. The topological polar surface area (TPSA) is 45.2 Å². The predicted octanol–water partition coefficient (Wildman–Crippen LogP) is 3.40. The Balaban J connectivity index is 1.98. The van der Waals surface area contributed by atoms with Crippen LogP contribution in [-0.2, 0) is 19.5 Å². The average molecular weight is 321 g/mol. The number of hydrogen-bond acceptors (Lipinski definition) is 3. The molecule has 100 valence electrons. The van der Waals surface area contributed by atoms with E-state index >= 15 is 0 Å². The van der Waals surface area contributed by atoms with Crippen LogP contribution < -0.4 is 5.32 Å². The molecule has 19 heavy (non-hydrogen) atoms. The lowest BCUT2D eigenvalue weighted by Gasteiger charge is -2.09. The van der Waals surface area contributed by atoms with E-state index in [2.05, 4.69) is 39.2 Å². The average Bonchev–Trinajstić information content (AvgIpc) is 2.44. The van der Waals surface area contributed by atoms with Crippen LogP contribution in [0.4, 0.5) is 0 Å². The van der Waals surface area contributed by atoms with Gasteiger partial charge in [0, 0.05) is 24.8 Å². The first kappa shape index (κ1) is 14.0. The first-order chi connectivity index (χ1) is 9.22. The lowest BCUT2D eigenvalue weighted by molar-refractivity contribution is 0.461. The lowest BCUT2D eigenvalue weighted by Crippen LogP contribution is -2.15. The number of phenols is 1. The second-order valence-electron chi connectivity index (χ2n) is 4.31. The third-order valence-corrected chi connectivity index (χ3v) is 3.68. The van der Waals surface area contributed by atoms with E-state index in [9.17, 15) is 5.11 Å². The van der Waals surface area contributed by atoms with Gasteiger partial charge in [0.15, 0.2) is 0 Å². The molecule has 0 radical (unpaired) electrons. The van der Waals surface area contributed by atoms with Gasteiger partial charge in [-0.25, -0.2) is 0 Å². The Labute approximate surface area is 121 Å². The minimum absolute atomic E-state index is 0.298. The molecule has 0 aliphatic heterocycles. The van der Waals surface area contributed by atoms with Crippen molar-refractivity contribution in [2.45, 2.75) is 26.4 Å². The predicted molar refractivity (Wildman–Crippen MR) is 80.0 cm³/mol. The smallest absolute Gasteiger partial charge is 0.134 e. The van der Waals surface area contributed by atoms with Crippen molar-refractivity contribution in [3.05, 3.63) is 57.8 Å². The Morgan fingerprint density at radius 3 is 2.74 bits per heavy atom. The molecule has 0 aliphatic carbocycles.